The predicted octanol–water partition coefficient (Wildman–Crippen LogP) is 3.76. The number of nitrogens with one attached hydrogen (secondary N) is 1. The van der Waals surface area contributed by atoms with Gasteiger partial charge in [-0.3, -0.25) is 14.5 Å². The van der Waals surface area contributed by atoms with Crippen molar-refractivity contribution in [2.75, 3.05) is 13.1 Å². The average Bonchev–Trinajstić information content (AvgIpc) is 3.08. The maximum Gasteiger partial charge on any atom is 0.325 e. The van der Waals surface area contributed by atoms with E-state index in [-0.39, 0.29) is 0 Å². The summed E-state index contributed by atoms with van der Waals surface area (Å²) >= 11 is 0. The van der Waals surface area contributed by atoms with Gasteiger partial charge >= 0.3 is 11.9 Å². The summed E-state index contributed by atoms with van der Waals surface area (Å²) in [4.78, 5) is 28.9. The fraction of sp³-hybridized carbons (Fsp3) is 0.273. The number of rotatable bonds is 5. The Morgan fingerprint density at radius 3 is 2.25 bits per heavy atom. The molecular formula is C22H22N2O4. The summed E-state index contributed by atoms with van der Waals surface area (Å²) in [7, 11) is 0. The highest BCUT2D eigenvalue weighted by atomic mass is 16.4. The largest absolute Gasteiger partial charge is 0.481 e. The Morgan fingerprint density at radius 2 is 1.61 bits per heavy atom. The van der Waals surface area contributed by atoms with E-state index in [1.54, 1.807) is 0 Å². The van der Waals surface area contributed by atoms with E-state index in [2.05, 4.69) is 4.98 Å². The Bertz CT molecular complexity index is 1000. The molecule has 1 atom stereocenters. The van der Waals surface area contributed by atoms with E-state index in [1.165, 1.54) is 0 Å². The van der Waals surface area contributed by atoms with Crippen molar-refractivity contribution in [1.29, 1.82) is 0 Å². The molecule has 0 radical (unpaired) electrons. The number of carbonyl (C=O) groups is 2. The first-order chi connectivity index (χ1) is 13.6. The number of likely N-dealkylation sites (tertiary alicyclic amines) is 1. The number of aromatic amines is 1. The molecule has 3 N–H and O–H groups in total. The molecule has 4 rings (SSSR count). The molecule has 1 unspecified atom stereocenters. The minimum atomic E-state index is -0.921. The molecule has 0 spiro atoms. The molecule has 2 heterocycles. The topological polar surface area (TPSA) is 93.6 Å². The van der Waals surface area contributed by atoms with Crippen LogP contribution in [-0.4, -0.2) is 45.1 Å². The van der Waals surface area contributed by atoms with Gasteiger partial charge in [0, 0.05) is 29.6 Å². The SMILES string of the molecule is O=C(O)C1CCN(C(C(=O)O)c2c(-c3ccccc3)[nH]c3ccccc23)CC1. The average molecular weight is 378 g/mol. The highest BCUT2D eigenvalue weighted by molar-refractivity contribution is 5.95. The molecule has 0 aliphatic carbocycles. The molecule has 0 saturated carbocycles. The summed E-state index contributed by atoms with van der Waals surface area (Å²) in [5, 5.41) is 20.3. The molecule has 1 aliphatic heterocycles. The highest BCUT2D eigenvalue weighted by Crippen LogP contribution is 2.38. The van der Waals surface area contributed by atoms with E-state index >= 15 is 0 Å². The summed E-state index contributed by atoms with van der Waals surface area (Å²) in [6, 6.07) is 16.6. The van der Waals surface area contributed by atoms with Crippen LogP contribution in [0.25, 0.3) is 22.2 Å². The standard InChI is InChI=1S/C22H22N2O4/c25-21(26)15-10-12-24(13-11-15)20(22(27)28)18-16-8-4-5-9-17(16)23-19(18)14-6-2-1-3-7-14/h1-9,15,20,23H,10-13H2,(H,25,26)(H,27,28). The van der Waals surface area contributed by atoms with Crippen LogP contribution in [0.2, 0.25) is 0 Å². The van der Waals surface area contributed by atoms with E-state index in [0.717, 1.165) is 27.7 Å². The zero-order chi connectivity index (χ0) is 19.7. The Labute approximate surface area is 162 Å². The third-order valence-electron chi connectivity index (χ3n) is 5.56. The Hall–Kier alpha value is -3.12. The van der Waals surface area contributed by atoms with Crippen molar-refractivity contribution < 1.29 is 19.8 Å². The second kappa shape index (κ2) is 7.48. The molecular weight excluding hydrogens is 356 g/mol. The molecule has 1 fully saturated rings. The quantitative estimate of drug-likeness (QED) is 0.629. The van der Waals surface area contributed by atoms with Gasteiger partial charge in [-0.1, -0.05) is 48.5 Å². The molecule has 28 heavy (non-hydrogen) atoms. The van der Waals surface area contributed by atoms with Crippen LogP contribution in [0.5, 0.6) is 0 Å². The van der Waals surface area contributed by atoms with Gasteiger partial charge in [0.15, 0.2) is 0 Å². The number of carboxylic acids is 2. The van der Waals surface area contributed by atoms with Crippen molar-refractivity contribution in [3.05, 3.63) is 60.2 Å². The molecule has 3 aromatic rings. The number of carboxylic acid groups (broad SMARTS) is 2. The van der Waals surface area contributed by atoms with Crippen LogP contribution in [0, 0.1) is 5.92 Å². The van der Waals surface area contributed by atoms with Gasteiger partial charge < -0.3 is 15.2 Å². The van der Waals surface area contributed by atoms with Crippen LogP contribution in [0.1, 0.15) is 24.4 Å². The fourth-order valence-electron chi connectivity index (χ4n) is 4.15. The molecule has 1 saturated heterocycles. The van der Waals surface area contributed by atoms with Crippen molar-refractivity contribution in [3.8, 4) is 11.3 Å². The molecule has 6 heteroatoms. The Kier molecular flexibility index (Phi) is 4.88. The summed E-state index contributed by atoms with van der Waals surface area (Å²) in [6.07, 6.45) is 0.921. The number of para-hydroxylation sites is 1. The van der Waals surface area contributed by atoms with Gasteiger partial charge in [0.05, 0.1) is 11.6 Å². The number of piperidine rings is 1. The lowest BCUT2D eigenvalue weighted by atomic mass is 9.92. The van der Waals surface area contributed by atoms with Gasteiger partial charge in [-0.2, -0.15) is 0 Å². The zero-order valence-electron chi connectivity index (χ0n) is 15.3. The van der Waals surface area contributed by atoms with Gasteiger partial charge in [0.1, 0.15) is 6.04 Å². The molecule has 6 nitrogen and oxygen atoms in total. The van der Waals surface area contributed by atoms with Gasteiger partial charge in [0.2, 0.25) is 0 Å². The number of fused-ring (bicyclic) bond motifs is 1. The third-order valence-corrected chi connectivity index (χ3v) is 5.56. The van der Waals surface area contributed by atoms with Crippen LogP contribution in [-0.2, 0) is 9.59 Å². The monoisotopic (exact) mass is 378 g/mol. The van der Waals surface area contributed by atoms with Gasteiger partial charge in [0.25, 0.3) is 0 Å². The predicted molar refractivity (Wildman–Crippen MR) is 106 cm³/mol. The molecule has 0 amide bonds. The first-order valence-electron chi connectivity index (χ1n) is 9.42. The van der Waals surface area contributed by atoms with Gasteiger partial charge in [-0.25, -0.2) is 0 Å². The normalized spacial score (nSPS) is 16.9. The minimum Gasteiger partial charge on any atom is -0.481 e. The molecule has 144 valence electrons. The summed E-state index contributed by atoms with van der Waals surface area (Å²) in [5.74, 6) is -2.12. The van der Waals surface area contributed by atoms with Crippen molar-refractivity contribution in [1.82, 2.24) is 9.88 Å². The minimum absolute atomic E-state index is 0.401. The first-order valence-corrected chi connectivity index (χ1v) is 9.42. The van der Waals surface area contributed by atoms with Gasteiger partial charge in [-0.05, 0) is 24.5 Å². The van der Waals surface area contributed by atoms with E-state index in [9.17, 15) is 19.8 Å². The lowest BCUT2D eigenvalue weighted by Crippen LogP contribution is -2.41. The number of hydrogen-bond donors (Lipinski definition) is 3. The van der Waals surface area contributed by atoms with Crippen molar-refractivity contribution in [2.45, 2.75) is 18.9 Å². The van der Waals surface area contributed by atoms with Crippen LogP contribution in [0.15, 0.2) is 54.6 Å². The second-order valence-electron chi connectivity index (χ2n) is 7.21. The third kappa shape index (κ3) is 3.27. The smallest absolute Gasteiger partial charge is 0.325 e. The van der Waals surface area contributed by atoms with Crippen LogP contribution in [0.4, 0.5) is 0 Å². The number of aliphatic carboxylic acids is 2. The molecule has 1 aromatic heterocycles. The van der Waals surface area contributed by atoms with E-state index in [4.69, 9.17) is 0 Å². The van der Waals surface area contributed by atoms with Crippen molar-refractivity contribution >= 4 is 22.8 Å². The number of hydrogen-bond acceptors (Lipinski definition) is 3. The fourth-order valence-corrected chi connectivity index (χ4v) is 4.15. The van der Waals surface area contributed by atoms with E-state index < -0.39 is 23.9 Å². The maximum absolute atomic E-state index is 12.4. The summed E-state index contributed by atoms with van der Waals surface area (Å²) in [5.41, 5.74) is 3.36. The number of nitrogens with zero attached hydrogens (tertiary/aromatic N) is 1. The zero-order valence-corrected chi connectivity index (χ0v) is 15.3. The number of benzene rings is 2. The van der Waals surface area contributed by atoms with Gasteiger partial charge in [-0.15, -0.1) is 0 Å². The first kappa shape index (κ1) is 18.3. The summed E-state index contributed by atoms with van der Waals surface area (Å²) in [6.45, 7) is 0.892. The van der Waals surface area contributed by atoms with Crippen molar-refractivity contribution in [3.63, 3.8) is 0 Å². The van der Waals surface area contributed by atoms with Crippen LogP contribution >= 0.6 is 0 Å². The molecule has 1 aliphatic rings. The van der Waals surface area contributed by atoms with Crippen LogP contribution < -0.4 is 0 Å². The van der Waals surface area contributed by atoms with Crippen LogP contribution in [0.3, 0.4) is 0 Å². The summed E-state index contributed by atoms with van der Waals surface area (Å²) < 4.78 is 0. The second-order valence-corrected chi connectivity index (χ2v) is 7.21. The Balaban J connectivity index is 1.81. The lowest BCUT2D eigenvalue weighted by molar-refractivity contribution is -0.146. The van der Waals surface area contributed by atoms with E-state index in [0.29, 0.717) is 25.9 Å². The van der Waals surface area contributed by atoms with E-state index in [1.807, 2.05) is 59.5 Å². The lowest BCUT2D eigenvalue weighted by Gasteiger charge is -2.34. The number of H-pyrrole nitrogens is 1. The molecule has 0 bridgehead atoms. The highest BCUT2D eigenvalue weighted by Gasteiger charge is 2.36. The maximum atomic E-state index is 12.4. The van der Waals surface area contributed by atoms with Crippen molar-refractivity contribution in [2.24, 2.45) is 5.92 Å². The molecule has 2 aromatic carbocycles. The number of aromatic nitrogens is 1. The Morgan fingerprint density at radius 1 is 0.964 bits per heavy atom.